The molecule has 0 radical (unpaired) electrons. The standard InChI is InChI=1S/C18H25N3O4S/c1-2-12-26(24,25)21-11-3-4-16(21)18(23)20-14-7-5-13(6-8-14)17(22)19-15-9-10-15/h5-8,15-16H,2-4,9-12H2,1H3,(H,19,22)(H,20,23). The summed E-state index contributed by atoms with van der Waals surface area (Å²) >= 11 is 0. The fourth-order valence-corrected chi connectivity index (χ4v) is 4.88. The first kappa shape index (κ1) is 18.8. The Kier molecular flexibility index (Phi) is 5.62. The number of anilines is 1. The van der Waals surface area contributed by atoms with Crippen molar-refractivity contribution in [2.45, 2.75) is 51.1 Å². The first-order valence-electron chi connectivity index (χ1n) is 9.12. The van der Waals surface area contributed by atoms with E-state index < -0.39 is 16.1 Å². The lowest BCUT2D eigenvalue weighted by Gasteiger charge is -2.23. The van der Waals surface area contributed by atoms with Crippen molar-refractivity contribution in [2.24, 2.45) is 0 Å². The minimum atomic E-state index is -3.40. The van der Waals surface area contributed by atoms with Gasteiger partial charge in [0.25, 0.3) is 5.91 Å². The SMILES string of the molecule is CCCS(=O)(=O)N1CCCC1C(=O)Nc1ccc(C(=O)NC2CC2)cc1. The average Bonchev–Trinajstić information content (AvgIpc) is 3.25. The van der Waals surface area contributed by atoms with Crippen molar-refractivity contribution in [2.75, 3.05) is 17.6 Å². The van der Waals surface area contributed by atoms with Gasteiger partial charge in [0.05, 0.1) is 5.75 Å². The largest absolute Gasteiger partial charge is 0.349 e. The van der Waals surface area contributed by atoms with Crippen molar-refractivity contribution in [3.05, 3.63) is 29.8 Å². The van der Waals surface area contributed by atoms with E-state index in [0.29, 0.717) is 43.1 Å². The third-order valence-electron chi connectivity index (χ3n) is 4.65. The van der Waals surface area contributed by atoms with Crippen molar-refractivity contribution in [1.82, 2.24) is 9.62 Å². The van der Waals surface area contributed by atoms with Crippen molar-refractivity contribution in [3.8, 4) is 0 Å². The zero-order valence-electron chi connectivity index (χ0n) is 14.9. The Morgan fingerprint density at radius 1 is 1.15 bits per heavy atom. The van der Waals surface area contributed by atoms with Gasteiger partial charge < -0.3 is 10.6 Å². The molecule has 2 amide bonds. The number of benzene rings is 1. The van der Waals surface area contributed by atoms with E-state index in [0.717, 1.165) is 12.8 Å². The van der Waals surface area contributed by atoms with Crippen LogP contribution in [-0.2, 0) is 14.8 Å². The Bertz CT molecular complexity index is 772. The van der Waals surface area contributed by atoms with Crippen LogP contribution in [0.3, 0.4) is 0 Å². The highest BCUT2D eigenvalue weighted by Gasteiger charge is 2.38. The third kappa shape index (κ3) is 4.42. The molecule has 0 bridgehead atoms. The number of rotatable bonds is 7. The van der Waals surface area contributed by atoms with E-state index >= 15 is 0 Å². The molecule has 0 aromatic heterocycles. The highest BCUT2D eigenvalue weighted by molar-refractivity contribution is 7.89. The van der Waals surface area contributed by atoms with Crippen LogP contribution in [0, 0.1) is 0 Å². The number of carbonyl (C=O) groups excluding carboxylic acids is 2. The molecule has 2 fully saturated rings. The molecule has 2 N–H and O–H groups in total. The van der Waals surface area contributed by atoms with Crippen LogP contribution in [0.1, 0.15) is 49.4 Å². The molecule has 1 atom stereocenters. The van der Waals surface area contributed by atoms with E-state index in [1.54, 1.807) is 24.3 Å². The number of sulfonamides is 1. The van der Waals surface area contributed by atoms with Gasteiger partial charge in [0.2, 0.25) is 15.9 Å². The highest BCUT2D eigenvalue weighted by atomic mass is 32.2. The van der Waals surface area contributed by atoms with Crippen LogP contribution in [-0.4, -0.2) is 48.9 Å². The van der Waals surface area contributed by atoms with Crippen LogP contribution in [0.2, 0.25) is 0 Å². The molecule has 1 saturated heterocycles. The average molecular weight is 379 g/mol. The Morgan fingerprint density at radius 3 is 2.46 bits per heavy atom. The van der Waals surface area contributed by atoms with Crippen molar-refractivity contribution < 1.29 is 18.0 Å². The van der Waals surface area contributed by atoms with Gasteiger partial charge in [-0.3, -0.25) is 9.59 Å². The zero-order valence-corrected chi connectivity index (χ0v) is 15.7. The molecule has 8 heteroatoms. The number of nitrogens with one attached hydrogen (secondary N) is 2. The molecule has 1 unspecified atom stereocenters. The van der Waals surface area contributed by atoms with Crippen LogP contribution >= 0.6 is 0 Å². The fourth-order valence-electron chi connectivity index (χ4n) is 3.14. The van der Waals surface area contributed by atoms with E-state index in [9.17, 15) is 18.0 Å². The van der Waals surface area contributed by atoms with Crippen LogP contribution in [0.25, 0.3) is 0 Å². The van der Waals surface area contributed by atoms with Crippen LogP contribution in [0.15, 0.2) is 24.3 Å². The van der Waals surface area contributed by atoms with Gasteiger partial charge in [0, 0.05) is 23.8 Å². The molecule has 1 aliphatic carbocycles. The van der Waals surface area contributed by atoms with Gasteiger partial charge in [-0.2, -0.15) is 4.31 Å². The molecule has 0 spiro atoms. The van der Waals surface area contributed by atoms with Crippen molar-refractivity contribution in [1.29, 1.82) is 0 Å². The van der Waals surface area contributed by atoms with Gasteiger partial charge in [-0.15, -0.1) is 0 Å². The summed E-state index contributed by atoms with van der Waals surface area (Å²) < 4.78 is 26.0. The maximum absolute atomic E-state index is 12.6. The Morgan fingerprint density at radius 2 is 1.85 bits per heavy atom. The second kappa shape index (κ2) is 7.75. The molecule has 1 aliphatic heterocycles. The van der Waals surface area contributed by atoms with Gasteiger partial charge in [0.1, 0.15) is 6.04 Å². The van der Waals surface area contributed by atoms with Gasteiger partial charge in [-0.05, 0) is 56.4 Å². The predicted molar refractivity (Wildman–Crippen MR) is 99.4 cm³/mol. The lowest BCUT2D eigenvalue weighted by Crippen LogP contribution is -2.44. The zero-order chi connectivity index (χ0) is 18.7. The van der Waals surface area contributed by atoms with E-state index in [1.165, 1.54) is 4.31 Å². The lowest BCUT2D eigenvalue weighted by atomic mass is 10.1. The van der Waals surface area contributed by atoms with E-state index in [4.69, 9.17) is 0 Å². The Balaban J connectivity index is 1.62. The van der Waals surface area contributed by atoms with Crippen LogP contribution in [0.5, 0.6) is 0 Å². The van der Waals surface area contributed by atoms with E-state index in [1.807, 2.05) is 6.92 Å². The minimum Gasteiger partial charge on any atom is -0.349 e. The van der Waals surface area contributed by atoms with Crippen molar-refractivity contribution >= 4 is 27.5 Å². The molecular weight excluding hydrogens is 354 g/mol. The monoisotopic (exact) mass is 379 g/mol. The molecule has 1 aromatic carbocycles. The van der Waals surface area contributed by atoms with Gasteiger partial charge in [-0.25, -0.2) is 8.42 Å². The third-order valence-corrected chi connectivity index (χ3v) is 6.73. The summed E-state index contributed by atoms with van der Waals surface area (Å²) in [7, 11) is -3.40. The van der Waals surface area contributed by atoms with E-state index in [-0.39, 0.29) is 17.6 Å². The fraction of sp³-hybridized carbons (Fsp3) is 0.556. The maximum atomic E-state index is 12.6. The summed E-state index contributed by atoms with van der Waals surface area (Å²) in [4.78, 5) is 24.5. The first-order chi connectivity index (χ1) is 12.4. The van der Waals surface area contributed by atoms with Gasteiger partial charge in [-0.1, -0.05) is 6.92 Å². The molecule has 7 nitrogen and oxygen atoms in total. The quantitative estimate of drug-likeness (QED) is 0.754. The summed E-state index contributed by atoms with van der Waals surface area (Å²) in [5.41, 5.74) is 1.10. The lowest BCUT2D eigenvalue weighted by molar-refractivity contribution is -0.119. The van der Waals surface area contributed by atoms with Crippen LogP contribution in [0.4, 0.5) is 5.69 Å². The summed E-state index contributed by atoms with van der Waals surface area (Å²) in [6, 6.07) is 6.28. The van der Waals surface area contributed by atoms with Gasteiger partial charge in [0.15, 0.2) is 0 Å². The smallest absolute Gasteiger partial charge is 0.251 e. The van der Waals surface area contributed by atoms with Crippen LogP contribution < -0.4 is 10.6 Å². The number of hydrogen-bond donors (Lipinski definition) is 2. The molecule has 3 rings (SSSR count). The number of hydrogen-bond acceptors (Lipinski definition) is 4. The Hall–Kier alpha value is -1.93. The second-order valence-electron chi connectivity index (χ2n) is 6.90. The molecule has 1 saturated carbocycles. The number of carbonyl (C=O) groups is 2. The highest BCUT2D eigenvalue weighted by Crippen LogP contribution is 2.24. The Labute approximate surface area is 154 Å². The number of nitrogens with zero attached hydrogens (tertiary/aromatic N) is 1. The van der Waals surface area contributed by atoms with Crippen molar-refractivity contribution in [3.63, 3.8) is 0 Å². The predicted octanol–water partition coefficient (Wildman–Crippen LogP) is 1.72. The molecular formula is C18H25N3O4S. The summed E-state index contributed by atoms with van der Waals surface area (Å²) in [5.74, 6) is -0.378. The second-order valence-corrected chi connectivity index (χ2v) is 8.94. The minimum absolute atomic E-state index is 0.0571. The van der Waals surface area contributed by atoms with E-state index in [2.05, 4.69) is 10.6 Å². The normalized spacial score (nSPS) is 20.7. The maximum Gasteiger partial charge on any atom is 0.251 e. The number of amides is 2. The summed E-state index contributed by atoms with van der Waals surface area (Å²) in [6.45, 7) is 2.20. The molecule has 1 aromatic rings. The summed E-state index contributed by atoms with van der Waals surface area (Å²) in [5, 5.41) is 5.68. The summed E-state index contributed by atoms with van der Waals surface area (Å²) in [6.07, 6.45) is 3.78. The molecule has 1 heterocycles. The molecule has 2 aliphatic rings. The molecule has 142 valence electrons. The first-order valence-corrected chi connectivity index (χ1v) is 10.7. The topological polar surface area (TPSA) is 95.6 Å². The van der Waals surface area contributed by atoms with Gasteiger partial charge >= 0.3 is 0 Å². The molecule has 26 heavy (non-hydrogen) atoms.